The van der Waals surface area contributed by atoms with Crippen molar-refractivity contribution < 1.29 is 14.3 Å². The molecule has 0 atom stereocenters. The summed E-state index contributed by atoms with van der Waals surface area (Å²) in [4.78, 5) is 11.1. The molecule has 1 rings (SSSR count). The van der Waals surface area contributed by atoms with Crippen LogP contribution >= 0.6 is 0 Å². The van der Waals surface area contributed by atoms with Crippen molar-refractivity contribution in [3.8, 4) is 0 Å². The number of rotatable bonds is 5. The molecule has 0 aromatic heterocycles. The van der Waals surface area contributed by atoms with Crippen LogP contribution < -0.4 is 5.32 Å². The van der Waals surface area contributed by atoms with Crippen molar-refractivity contribution in [2.75, 3.05) is 13.9 Å². The maximum absolute atomic E-state index is 11.1. The molecule has 0 bridgehead atoms. The molecule has 1 aromatic carbocycles. The van der Waals surface area contributed by atoms with Gasteiger partial charge in [-0.3, -0.25) is 4.79 Å². The summed E-state index contributed by atoms with van der Waals surface area (Å²) in [7, 11) is 1.54. The minimum absolute atomic E-state index is 0.141. The summed E-state index contributed by atoms with van der Waals surface area (Å²) in [6.07, 6.45) is 1.48. The lowest BCUT2D eigenvalue weighted by molar-refractivity contribution is -0.117. The van der Waals surface area contributed by atoms with Crippen LogP contribution in [0.4, 0.5) is 0 Å². The standard InChI is InChI=1S/C13H17NO3/c1-10-4-6-12(7-5-10)13(14-11(2)15)8-17-9-16-3/h4-8H,9H2,1-3H3,(H,14,15). The quantitative estimate of drug-likeness (QED) is 0.482. The first-order valence-corrected chi connectivity index (χ1v) is 5.29. The summed E-state index contributed by atoms with van der Waals surface area (Å²) in [6.45, 7) is 3.61. The van der Waals surface area contributed by atoms with Gasteiger partial charge in [-0.25, -0.2) is 0 Å². The fraction of sp³-hybridized carbons (Fsp3) is 0.308. The Hall–Kier alpha value is -1.81. The monoisotopic (exact) mass is 235 g/mol. The van der Waals surface area contributed by atoms with Gasteiger partial charge in [0.2, 0.25) is 5.91 Å². The molecular weight excluding hydrogens is 218 g/mol. The number of amides is 1. The number of methoxy groups -OCH3 is 1. The van der Waals surface area contributed by atoms with E-state index in [1.54, 1.807) is 0 Å². The van der Waals surface area contributed by atoms with Crippen LogP contribution in [0.5, 0.6) is 0 Å². The van der Waals surface area contributed by atoms with Gasteiger partial charge >= 0.3 is 0 Å². The lowest BCUT2D eigenvalue weighted by atomic mass is 10.1. The van der Waals surface area contributed by atoms with Crippen LogP contribution in [0.25, 0.3) is 5.70 Å². The molecule has 0 aliphatic carbocycles. The highest BCUT2D eigenvalue weighted by Crippen LogP contribution is 2.12. The van der Waals surface area contributed by atoms with Gasteiger partial charge < -0.3 is 14.8 Å². The Balaban J connectivity index is 2.85. The third-order valence-corrected chi connectivity index (χ3v) is 2.06. The van der Waals surface area contributed by atoms with Crippen molar-refractivity contribution in [2.45, 2.75) is 13.8 Å². The maximum Gasteiger partial charge on any atom is 0.221 e. The van der Waals surface area contributed by atoms with Crippen molar-refractivity contribution in [3.63, 3.8) is 0 Å². The number of benzene rings is 1. The van der Waals surface area contributed by atoms with Crippen LogP contribution in [0.1, 0.15) is 18.1 Å². The molecule has 0 unspecified atom stereocenters. The Morgan fingerprint density at radius 1 is 1.35 bits per heavy atom. The molecule has 17 heavy (non-hydrogen) atoms. The topological polar surface area (TPSA) is 47.6 Å². The predicted octanol–water partition coefficient (Wildman–Crippen LogP) is 2.05. The van der Waals surface area contributed by atoms with Crippen molar-refractivity contribution in [1.29, 1.82) is 0 Å². The van der Waals surface area contributed by atoms with E-state index in [1.807, 2.05) is 31.2 Å². The molecule has 0 spiro atoms. The highest BCUT2D eigenvalue weighted by Gasteiger charge is 2.03. The fourth-order valence-corrected chi connectivity index (χ4v) is 1.28. The van der Waals surface area contributed by atoms with Crippen molar-refractivity contribution in [2.24, 2.45) is 0 Å². The van der Waals surface area contributed by atoms with Crippen LogP contribution in [0.15, 0.2) is 30.5 Å². The van der Waals surface area contributed by atoms with E-state index in [4.69, 9.17) is 9.47 Å². The van der Waals surface area contributed by atoms with Crippen LogP contribution in [0, 0.1) is 6.92 Å². The van der Waals surface area contributed by atoms with E-state index >= 15 is 0 Å². The summed E-state index contributed by atoms with van der Waals surface area (Å²) >= 11 is 0. The summed E-state index contributed by atoms with van der Waals surface area (Å²) in [6, 6.07) is 7.79. The molecule has 4 heteroatoms. The lowest BCUT2D eigenvalue weighted by Crippen LogP contribution is -2.18. The zero-order valence-electron chi connectivity index (χ0n) is 10.3. The molecule has 0 heterocycles. The van der Waals surface area contributed by atoms with Crippen LogP contribution in [0.3, 0.4) is 0 Å². The largest absolute Gasteiger partial charge is 0.473 e. The van der Waals surface area contributed by atoms with E-state index in [0.29, 0.717) is 5.70 Å². The average Bonchev–Trinajstić information content (AvgIpc) is 2.28. The Morgan fingerprint density at radius 3 is 2.53 bits per heavy atom. The molecule has 1 aromatic rings. The minimum atomic E-state index is -0.141. The Bertz CT molecular complexity index is 396. The number of hydrogen-bond donors (Lipinski definition) is 1. The molecule has 4 nitrogen and oxygen atoms in total. The molecule has 0 aliphatic heterocycles. The van der Waals surface area contributed by atoms with Crippen molar-refractivity contribution in [3.05, 3.63) is 41.7 Å². The van der Waals surface area contributed by atoms with Gasteiger partial charge in [0.15, 0.2) is 6.79 Å². The molecule has 0 saturated heterocycles. The summed E-state index contributed by atoms with van der Waals surface area (Å²) in [5, 5.41) is 2.72. The molecule has 0 saturated carbocycles. The Labute approximate surface area is 101 Å². The molecule has 0 aliphatic rings. The summed E-state index contributed by atoms with van der Waals surface area (Å²) in [5.74, 6) is -0.141. The van der Waals surface area contributed by atoms with Gasteiger partial charge in [-0.2, -0.15) is 0 Å². The van der Waals surface area contributed by atoms with E-state index in [0.717, 1.165) is 11.1 Å². The fourth-order valence-electron chi connectivity index (χ4n) is 1.28. The normalized spacial score (nSPS) is 11.1. The Kier molecular flexibility index (Phi) is 5.23. The second-order valence-corrected chi connectivity index (χ2v) is 3.65. The first-order chi connectivity index (χ1) is 8.13. The van der Waals surface area contributed by atoms with Gasteiger partial charge in [0.1, 0.15) is 6.26 Å². The third kappa shape index (κ3) is 4.70. The van der Waals surface area contributed by atoms with Crippen molar-refractivity contribution in [1.82, 2.24) is 5.32 Å². The SMILES string of the molecule is COCOC=C(NC(C)=O)c1ccc(C)cc1. The second kappa shape index (κ2) is 6.70. The highest BCUT2D eigenvalue weighted by atomic mass is 16.7. The molecule has 1 N–H and O–H groups in total. The summed E-state index contributed by atoms with van der Waals surface area (Å²) < 4.78 is 9.90. The van der Waals surface area contributed by atoms with Crippen molar-refractivity contribution >= 4 is 11.6 Å². The summed E-state index contributed by atoms with van der Waals surface area (Å²) in [5.41, 5.74) is 2.67. The average molecular weight is 235 g/mol. The smallest absolute Gasteiger partial charge is 0.221 e. The van der Waals surface area contributed by atoms with Crippen LogP contribution in [0.2, 0.25) is 0 Å². The highest BCUT2D eigenvalue weighted by molar-refractivity contribution is 5.84. The van der Waals surface area contributed by atoms with Gasteiger partial charge in [0.05, 0.1) is 5.70 Å². The predicted molar refractivity (Wildman–Crippen MR) is 65.9 cm³/mol. The molecule has 0 fully saturated rings. The number of hydrogen-bond acceptors (Lipinski definition) is 3. The zero-order valence-corrected chi connectivity index (χ0v) is 10.3. The molecule has 92 valence electrons. The van der Waals surface area contributed by atoms with E-state index < -0.39 is 0 Å². The molecule has 1 amide bonds. The van der Waals surface area contributed by atoms with E-state index in [1.165, 1.54) is 20.3 Å². The first-order valence-electron chi connectivity index (χ1n) is 5.29. The lowest BCUT2D eigenvalue weighted by Gasteiger charge is -2.09. The number of carbonyl (C=O) groups excluding carboxylic acids is 1. The molecular formula is C13H17NO3. The van der Waals surface area contributed by atoms with Gasteiger partial charge in [0.25, 0.3) is 0 Å². The number of ether oxygens (including phenoxy) is 2. The van der Waals surface area contributed by atoms with Gasteiger partial charge in [0, 0.05) is 19.6 Å². The first kappa shape index (κ1) is 13.3. The van der Waals surface area contributed by atoms with Crippen LogP contribution in [-0.4, -0.2) is 19.8 Å². The minimum Gasteiger partial charge on any atom is -0.473 e. The third-order valence-electron chi connectivity index (χ3n) is 2.06. The van der Waals surface area contributed by atoms with E-state index in [2.05, 4.69) is 5.32 Å². The zero-order chi connectivity index (χ0) is 12.7. The maximum atomic E-state index is 11.1. The second-order valence-electron chi connectivity index (χ2n) is 3.65. The molecule has 0 radical (unpaired) electrons. The van der Waals surface area contributed by atoms with Gasteiger partial charge in [-0.1, -0.05) is 29.8 Å². The Morgan fingerprint density at radius 2 is 2.00 bits per heavy atom. The van der Waals surface area contributed by atoms with E-state index in [-0.39, 0.29) is 12.7 Å². The number of carbonyl (C=O) groups is 1. The number of aryl methyl sites for hydroxylation is 1. The van der Waals surface area contributed by atoms with Crippen LogP contribution in [-0.2, 0) is 14.3 Å². The van der Waals surface area contributed by atoms with Gasteiger partial charge in [-0.15, -0.1) is 0 Å². The van der Waals surface area contributed by atoms with Gasteiger partial charge in [-0.05, 0) is 6.92 Å². The number of nitrogens with one attached hydrogen (secondary N) is 1. The van der Waals surface area contributed by atoms with E-state index in [9.17, 15) is 4.79 Å².